The predicted octanol–water partition coefficient (Wildman–Crippen LogP) is 0.554. The summed E-state index contributed by atoms with van der Waals surface area (Å²) in [6.07, 6.45) is 3.02. The van der Waals surface area contributed by atoms with Gasteiger partial charge in [-0.3, -0.25) is 9.48 Å². The molecule has 1 aromatic rings. The van der Waals surface area contributed by atoms with Crippen LogP contribution in [-0.4, -0.2) is 20.9 Å². The molecule has 0 fully saturated rings. The first kappa shape index (κ1) is 8.70. The van der Waals surface area contributed by atoms with Gasteiger partial charge in [0.05, 0.1) is 6.20 Å². The maximum atomic E-state index is 11.0. The number of nitrogens with zero attached hydrogens (tertiary/aromatic N) is 3. The van der Waals surface area contributed by atoms with E-state index >= 15 is 0 Å². The van der Waals surface area contributed by atoms with Gasteiger partial charge in [0.25, 0.3) is 0 Å². The molecule has 0 atom stereocenters. The summed E-state index contributed by atoms with van der Waals surface area (Å²) in [5, 5.41) is 10.0. The summed E-state index contributed by atoms with van der Waals surface area (Å²) in [7, 11) is 1.75. The van der Waals surface area contributed by atoms with E-state index in [2.05, 4.69) is 15.6 Å². The zero-order chi connectivity index (χ0) is 8.97. The van der Waals surface area contributed by atoms with E-state index in [-0.39, 0.29) is 5.91 Å². The van der Waals surface area contributed by atoms with Crippen LogP contribution in [0.2, 0.25) is 0 Å². The highest BCUT2D eigenvalue weighted by Gasteiger charge is 2.02. The van der Waals surface area contributed by atoms with Crippen LogP contribution in [0.5, 0.6) is 0 Å². The van der Waals surface area contributed by atoms with E-state index in [0.717, 1.165) is 6.42 Å². The number of nitrogens with one attached hydrogen (secondary N) is 1. The van der Waals surface area contributed by atoms with Gasteiger partial charge in [-0.25, -0.2) is 0 Å². The number of aryl methyl sites for hydroxylation is 1. The molecule has 0 spiro atoms. The maximum Gasteiger partial charge on any atom is 0.225 e. The molecule has 5 heteroatoms. The molecule has 0 radical (unpaired) electrons. The Kier molecular flexibility index (Phi) is 2.79. The molecule has 12 heavy (non-hydrogen) atoms. The first-order chi connectivity index (χ1) is 5.72. The molecule has 1 heterocycles. The lowest BCUT2D eigenvalue weighted by Crippen LogP contribution is -2.10. The molecule has 0 unspecified atom stereocenters. The van der Waals surface area contributed by atoms with Gasteiger partial charge < -0.3 is 5.32 Å². The first-order valence-electron chi connectivity index (χ1n) is 3.88. The largest absolute Gasteiger partial charge is 0.308 e. The Bertz CT molecular complexity index is 268. The molecule has 0 aromatic carbocycles. The third-order valence-corrected chi connectivity index (χ3v) is 1.35. The summed E-state index contributed by atoms with van der Waals surface area (Å²) in [6, 6.07) is 0. The summed E-state index contributed by atoms with van der Waals surface area (Å²) >= 11 is 0. The van der Waals surface area contributed by atoms with E-state index in [1.807, 2.05) is 6.92 Å². The Morgan fingerprint density at radius 2 is 2.50 bits per heavy atom. The van der Waals surface area contributed by atoms with Gasteiger partial charge >= 0.3 is 0 Å². The molecule has 0 bridgehead atoms. The highest BCUT2D eigenvalue weighted by molar-refractivity contribution is 5.89. The van der Waals surface area contributed by atoms with E-state index < -0.39 is 0 Å². The molecule has 5 nitrogen and oxygen atoms in total. The van der Waals surface area contributed by atoms with Crippen molar-refractivity contribution in [1.82, 2.24) is 15.0 Å². The van der Waals surface area contributed by atoms with Gasteiger partial charge in [0.1, 0.15) is 0 Å². The topological polar surface area (TPSA) is 59.8 Å². The Hall–Kier alpha value is -1.39. The monoisotopic (exact) mass is 168 g/mol. The fourth-order valence-electron chi connectivity index (χ4n) is 0.837. The van der Waals surface area contributed by atoms with Gasteiger partial charge in [-0.1, -0.05) is 12.1 Å². The minimum atomic E-state index is -0.0157. The quantitative estimate of drug-likeness (QED) is 0.717. The molecule has 0 aliphatic carbocycles. The maximum absolute atomic E-state index is 11.0. The number of aromatic nitrogens is 3. The van der Waals surface area contributed by atoms with Crippen LogP contribution in [0.25, 0.3) is 0 Å². The smallest absolute Gasteiger partial charge is 0.225 e. The van der Waals surface area contributed by atoms with Gasteiger partial charge in [-0.2, -0.15) is 0 Å². The number of amides is 1. The minimum absolute atomic E-state index is 0.0157. The zero-order valence-corrected chi connectivity index (χ0v) is 7.24. The lowest BCUT2D eigenvalue weighted by molar-refractivity contribution is -0.116. The molecule has 1 N–H and O–H groups in total. The highest BCUT2D eigenvalue weighted by Crippen LogP contribution is 1.99. The summed E-state index contributed by atoms with van der Waals surface area (Å²) < 4.78 is 1.54. The number of anilines is 1. The van der Waals surface area contributed by atoms with Gasteiger partial charge in [0.15, 0.2) is 5.82 Å². The van der Waals surface area contributed by atoms with E-state index in [4.69, 9.17) is 0 Å². The van der Waals surface area contributed by atoms with Crippen LogP contribution >= 0.6 is 0 Å². The number of hydrogen-bond acceptors (Lipinski definition) is 3. The zero-order valence-electron chi connectivity index (χ0n) is 7.24. The second kappa shape index (κ2) is 3.85. The van der Waals surface area contributed by atoms with Crippen LogP contribution in [-0.2, 0) is 11.8 Å². The first-order valence-corrected chi connectivity index (χ1v) is 3.88. The number of hydrogen-bond donors (Lipinski definition) is 1. The molecule has 0 saturated carbocycles. The molecule has 1 rings (SSSR count). The van der Waals surface area contributed by atoms with Gasteiger partial charge in [0, 0.05) is 13.5 Å². The van der Waals surface area contributed by atoms with Gasteiger partial charge in [0.2, 0.25) is 5.91 Å². The van der Waals surface area contributed by atoms with Crippen molar-refractivity contribution in [2.75, 3.05) is 5.32 Å². The van der Waals surface area contributed by atoms with Crippen molar-refractivity contribution in [3.8, 4) is 0 Å². The summed E-state index contributed by atoms with van der Waals surface area (Å²) in [6.45, 7) is 1.95. The van der Waals surface area contributed by atoms with E-state index in [1.54, 1.807) is 17.9 Å². The predicted molar refractivity (Wildman–Crippen MR) is 44.5 cm³/mol. The van der Waals surface area contributed by atoms with Crippen LogP contribution in [0, 0.1) is 0 Å². The average molecular weight is 168 g/mol. The third kappa shape index (κ3) is 2.34. The Balaban J connectivity index is 2.46. The van der Waals surface area contributed by atoms with Crippen molar-refractivity contribution in [1.29, 1.82) is 0 Å². The molecular formula is C7H12N4O. The average Bonchev–Trinajstić information content (AvgIpc) is 2.36. The second-order valence-electron chi connectivity index (χ2n) is 2.58. The van der Waals surface area contributed by atoms with Crippen LogP contribution in [0.1, 0.15) is 19.8 Å². The van der Waals surface area contributed by atoms with E-state index in [1.165, 1.54) is 0 Å². The SMILES string of the molecule is CCCC(=O)Nc1cn(C)nn1. The molecule has 1 aromatic heterocycles. The Morgan fingerprint density at radius 3 is 3.00 bits per heavy atom. The lowest BCUT2D eigenvalue weighted by atomic mass is 10.3. The minimum Gasteiger partial charge on any atom is -0.308 e. The normalized spacial score (nSPS) is 9.83. The van der Waals surface area contributed by atoms with Gasteiger partial charge in [-0.05, 0) is 6.42 Å². The van der Waals surface area contributed by atoms with E-state index in [0.29, 0.717) is 12.2 Å². The fourth-order valence-corrected chi connectivity index (χ4v) is 0.837. The van der Waals surface area contributed by atoms with Crippen molar-refractivity contribution in [2.45, 2.75) is 19.8 Å². The fraction of sp³-hybridized carbons (Fsp3) is 0.571. The molecule has 1 amide bonds. The van der Waals surface area contributed by atoms with Crippen molar-refractivity contribution < 1.29 is 4.79 Å². The Labute approximate surface area is 70.8 Å². The number of carbonyl (C=O) groups is 1. The van der Waals surface area contributed by atoms with Crippen molar-refractivity contribution in [3.05, 3.63) is 6.20 Å². The highest BCUT2D eigenvalue weighted by atomic mass is 16.1. The Morgan fingerprint density at radius 1 is 1.75 bits per heavy atom. The van der Waals surface area contributed by atoms with E-state index in [9.17, 15) is 4.79 Å². The molecule has 66 valence electrons. The molecule has 0 aliphatic rings. The molecule has 0 saturated heterocycles. The van der Waals surface area contributed by atoms with Crippen LogP contribution < -0.4 is 5.32 Å². The molecule has 0 aliphatic heterocycles. The van der Waals surface area contributed by atoms with Gasteiger partial charge in [-0.15, -0.1) is 5.10 Å². The lowest BCUT2D eigenvalue weighted by Gasteiger charge is -1.96. The second-order valence-corrected chi connectivity index (χ2v) is 2.58. The van der Waals surface area contributed by atoms with Crippen LogP contribution in [0.4, 0.5) is 5.82 Å². The standard InChI is InChI=1S/C7H12N4O/c1-3-4-7(12)8-6-5-11(2)10-9-6/h5H,3-4H2,1-2H3,(H,8,12). The third-order valence-electron chi connectivity index (χ3n) is 1.35. The summed E-state index contributed by atoms with van der Waals surface area (Å²) in [5.41, 5.74) is 0. The summed E-state index contributed by atoms with van der Waals surface area (Å²) in [4.78, 5) is 11.0. The van der Waals surface area contributed by atoms with Crippen molar-refractivity contribution in [3.63, 3.8) is 0 Å². The van der Waals surface area contributed by atoms with Crippen LogP contribution in [0.3, 0.4) is 0 Å². The van der Waals surface area contributed by atoms with Crippen molar-refractivity contribution >= 4 is 11.7 Å². The number of rotatable bonds is 3. The molecular weight excluding hydrogens is 156 g/mol. The number of carbonyl (C=O) groups excluding carboxylic acids is 1. The van der Waals surface area contributed by atoms with Crippen molar-refractivity contribution in [2.24, 2.45) is 7.05 Å². The van der Waals surface area contributed by atoms with Crippen LogP contribution in [0.15, 0.2) is 6.20 Å². The summed E-state index contributed by atoms with van der Waals surface area (Å²) in [5.74, 6) is 0.494.